The lowest BCUT2D eigenvalue weighted by Crippen LogP contribution is -2.27. The number of hydrogen-bond acceptors (Lipinski definition) is 1. The molecule has 8 aromatic carbocycles. The monoisotopic (exact) mass is 714 g/mol. The summed E-state index contributed by atoms with van der Waals surface area (Å²) in [6, 6.07) is 69.5. The van der Waals surface area contributed by atoms with Crippen LogP contribution in [0.3, 0.4) is 0 Å². The predicted molar refractivity (Wildman–Crippen MR) is 229 cm³/mol. The summed E-state index contributed by atoms with van der Waals surface area (Å²) in [5.41, 5.74) is 14.5. The van der Waals surface area contributed by atoms with E-state index in [1.807, 2.05) is 36.4 Å². The molecule has 1 heterocycles. The molecule has 0 atom stereocenters. The highest BCUT2D eigenvalue weighted by Crippen LogP contribution is 2.70. The van der Waals surface area contributed by atoms with Gasteiger partial charge in [0, 0.05) is 0 Å². The van der Waals surface area contributed by atoms with Crippen molar-refractivity contribution in [3.63, 3.8) is 0 Å². The van der Waals surface area contributed by atoms with E-state index in [2.05, 4.69) is 187 Å². The summed E-state index contributed by atoms with van der Waals surface area (Å²) in [5, 5.41) is 0.752. The van der Waals surface area contributed by atoms with Crippen molar-refractivity contribution in [1.82, 2.24) is 0 Å². The van der Waals surface area contributed by atoms with Crippen LogP contribution in [0, 0.1) is 13.8 Å². The fourth-order valence-corrected chi connectivity index (χ4v) is 10.8. The normalized spacial score (nSPS) is 13.1. The van der Waals surface area contributed by atoms with Crippen molar-refractivity contribution in [2.75, 3.05) is 9.34 Å². The first kappa shape index (κ1) is 33.4. The number of aryl methyl sites for hydroxylation is 2. The van der Waals surface area contributed by atoms with Gasteiger partial charge in [-0.2, -0.15) is 0 Å². The number of para-hydroxylation sites is 2. The van der Waals surface area contributed by atoms with Crippen LogP contribution in [0.2, 0.25) is 0 Å². The van der Waals surface area contributed by atoms with E-state index in [-0.39, 0.29) is 0 Å². The summed E-state index contributed by atoms with van der Waals surface area (Å²) < 4.78 is 21.5. The molecule has 3 nitrogen and oxygen atoms in total. The molecule has 4 heteroatoms. The van der Waals surface area contributed by atoms with E-state index in [0.29, 0.717) is 0 Å². The Labute approximate surface area is 317 Å². The molecule has 0 unspecified atom stereocenters. The van der Waals surface area contributed by atoms with Crippen LogP contribution in [0.15, 0.2) is 200 Å². The van der Waals surface area contributed by atoms with Crippen LogP contribution in [0.25, 0.3) is 44.5 Å². The van der Waals surface area contributed by atoms with Gasteiger partial charge in [-0.05, 0) is 124 Å². The van der Waals surface area contributed by atoms with E-state index in [4.69, 9.17) is 0 Å². The predicted octanol–water partition coefficient (Wildman–Crippen LogP) is 13.8. The smallest absolute Gasteiger partial charge is 0.270 e. The topological polar surface area (TPSA) is 23.6 Å². The third-order valence-corrected chi connectivity index (χ3v) is 13.4. The lowest BCUT2D eigenvalue weighted by Gasteiger charge is -2.34. The molecule has 0 fully saturated rings. The average molecular weight is 715 g/mol. The maximum Gasteiger partial charge on any atom is 0.301 e. The van der Waals surface area contributed by atoms with Crippen LogP contribution in [0.4, 0.5) is 22.7 Å². The van der Waals surface area contributed by atoms with Gasteiger partial charge in [-0.1, -0.05) is 146 Å². The molecule has 0 spiro atoms. The van der Waals surface area contributed by atoms with Crippen molar-refractivity contribution in [1.29, 1.82) is 0 Å². The molecule has 0 bridgehead atoms. The molecule has 9 rings (SSSR count). The molecule has 0 aliphatic carbocycles. The number of hydrogen-bond donors (Lipinski definition) is 0. The van der Waals surface area contributed by atoms with Gasteiger partial charge in [0.2, 0.25) is 0 Å². The Morgan fingerprint density at radius 3 is 1.09 bits per heavy atom. The fraction of sp³-hybridized carbons (Fsp3) is 0.0400. The molecule has 54 heavy (non-hydrogen) atoms. The van der Waals surface area contributed by atoms with Crippen LogP contribution < -0.4 is 14.6 Å². The van der Waals surface area contributed by atoms with E-state index in [9.17, 15) is 0 Å². The SMILES string of the molecule is Cc1ccc(N2c3ccccc3N(c3ccc(C)c(-c4ccccc4)c3)P2(=O)c2cc(-c3ccccc3)cc(-c3ccccc3)c2)cc1-c1ccccc1. The van der Waals surface area contributed by atoms with E-state index >= 15 is 4.57 Å². The van der Waals surface area contributed by atoms with Gasteiger partial charge in [0.1, 0.15) is 0 Å². The van der Waals surface area contributed by atoms with Gasteiger partial charge >= 0.3 is 7.44 Å². The van der Waals surface area contributed by atoms with Crippen molar-refractivity contribution < 1.29 is 4.57 Å². The minimum atomic E-state index is -3.75. The minimum absolute atomic E-state index is 0.752. The largest absolute Gasteiger partial charge is 0.301 e. The van der Waals surface area contributed by atoms with E-state index < -0.39 is 7.44 Å². The summed E-state index contributed by atoms with van der Waals surface area (Å²) in [7, 11) is -3.75. The first-order valence-corrected chi connectivity index (χ1v) is 20.0. The minimum Gasteiger partial charge on any atom is -0.270 e. The molecule has 8 aromatic rings. The second kappa shape index (κ2) is 13.9. The van der Waals surface area contributed by atoms with Crippen molar-refractivity contribution in [3.05, 3.63) is 211 Å². The highest BCUT2D eigenvalue weighted by atomic mass is 31.2. The van der Waals surface area contributed by atoms with Gasteiger partial charge in [0.15, 0.2) is 0 Å². The van der Waals surface area contributed by atoms with Crippen LogP contribution in [0.5, 0.6) is 0 Å². The van der Waals surface area contributed by atoms with Gasteiger partial charge < -0.3 is 0 Å². The van der Waals surface area contributed by atoms with Crippen molar-refractivity contribution in [2.45, 2.75) is 13.8 Å². The number of nitrogens with zero attached hydrogens (tertiary/aromatic N) is 2. The zero-order chi connectivity index (χ0) is 36.6. The highest BCUT2D eigenvalue weighted by Gasteiger charge is 2.49. The molecule has 0 N–H and O–H groups in total. The van der Waals surface area contributed by atoms with Crippen LogP contribution >= 0.6 is 7.44 Å². The van der Waals surface area contributed by atoms with Gasteiger partial charge in [0.05, 0.1) is 28.1 Å². The van der Waals surface area contributed by atoms with Gasteiger partial charge in [0.25, 0.3) is 0 Å². The molecule has 0 amide bonds. The Morgan fingerprint density at radius 2 is 0.704 bits per heavy atom. The molecule has 0 saturated carbocycles. The molecular weight excluding hydrogens is 676 g/mol. The lowest BCUT2D eigenvalue weighted by molar-refractivity contribution is 0.582. The summed E-state index contributed by atoms with van der Waals surface area (Å²) >= 11 is 0. The molecule has 0 aromatic heterocycles. The molecule has 1 aliphatic heterocycles. The number of fused-ring (bicyclic) bond motifs is 1. The third kappa shape index (κ3) is 5.84. The number of benzene rings is 8. The summed E-state index contributed by atoms with van der Waals surface area (Å²) in [6.45, 7) is 4.28. The molecular formula is C50H39N2OP. The molecule has 0 radical (unpaired) electrons. The van der Waals surface area contributed by atoms with E-state index in [1.54, 1.807) is 0 Å². The second-order valence-corrected chi connectivity index (χ2v) is 16.3. The Balaban J connectivity index is 1.35. The lowest BCUT2D eigenvalue weighted by atomic mass is 9.99. The fourth-order valence-electron chi connectivity index (χ4n) is 7.74. The van der Waals surface area contributed by atoms with E-state index in [1.165, 1.54) is 0 Å². The van der Waals surface area contributed by atoms with Crippen molar-refractivity contribution in [3.8, 4) is 44.5 Å². The van der Waals surface area contributed by atoms with Gasteiger partial charge in [-0.3, -0.25) is 13.9 Å². The van der Waals surface area contributed by atoms with Crippen LogP contribution in [-0.4, -0.2) is 0 Å². The maximum absolute atomic E-state index is 17.2. The third-order valence-electron chi connectivity index (χ3n) is 10.4. The number of anilines is 4. The first-order valence-electron chi connectivity index (χ1n) is 18.4. The van der Waals surface area contributed by atoms with Gasteiger partial charge in [-0.15, -0.1) is 0 Å². The van der Waals surface area contributed by atoms with Crippen LogP contribution in [-0.2, 0) is 4.57 Å². The zero-order valence-corrected chi connectivity index (χ0v) is 31.2. The maximum atomic E-state index is 17.2. The van der Waals surface area contributed by atoms with Crippen molar-refractivity contribution >= 4 is 35.5 Å². The summed E-state index contributed by atoms with van der Waals surface area (Å²) in [6.07, 6.45) is 0. The molecule has 1 aliphatic rings. The summed E-state index contributed by atoms with van der Waals surface area (Å²) in [5.74, 6) is 0. The Kier molecular flexibility index (Phi) is 8.58. The van der Waals surface area contributed by atoms with Crippen LogP contribution in [0.1, 0.15) is 11.1 Å². The first-order chi connectivity index (χ1) is 26.5. The Hall–Kier alpha value is -6.41. The Morgan fingerprint density at radius 1 is 0.352 bits per heavy atom. The average Bonchev–Trinajstić information content (AvgIpc) is 3.51. The quantitative estimate of drug-likeness (QED) is 0.154. The second-order valence-electron chi connectivity index (χ2n) is 13.9. The summed E-state index contributed by atoms with van der Waals surface area (Å²) in [4.78, 5) is 0. The Bertz CT molecular complexity index is 2480. The highest BCUT2D eigenvalue weighted by molar-refractivity contribution is 7.76. The van der Waals surface area contributed by atoms with Gasteiger partial charge in [-0.25, -0.2) is 0 Å². The van der Waals surface area contributed by atoms with E-state index in [0.717, 1.165) is 83.7 Å². The zero-order valence-electron chi connectivity index (χ0n) is 30.3. The number of rotatable bonds is 7. The molecule has 0 saturated heterocycles. The molecule has 260 valence electrons. The standard InChI is InChI=1S/C50H39N2OP/c1-36-27-29-44(34-47(36)40-21-11-5-12-22-40)51-49-25-15-16-26-50(49)52(45-30-28-37(2)48(35-45)41-23-13-6-14-24-41)54(51,53)46-32-42(38-17-7-3-8-18-38)31-43(33-46)39-19-9-4-10-20-39/h3-35H,1-2H3. The van der Waals surface area contributed by atoms with Crippen molar-refractivity contribution in [2.24, 2.45) is 0 Å².